The van der Waals surface area contributed by atoms with Gasteiger partial charge in [0.05, 0.1) is 0 Å². The topological polar surface area (TPSA) is 105 Å². The number of anilines is 1. The minimum Gasteiger partial charge on any atom is -0.447 e. The quantitative estimate of drug-likeness (QED) is 0.558. The molecule has 128 valence electrons. The number of nitrogens with zero attached hydrogens (tertiary/aromatic N) is 5. The lowest BCUT2D eigenvalue weighted by Gasteiger charge is -2.29. The Hall–Kier alpha value is -2.35. The average Bonchev–Trinajstić information content (AvgIpc) is 3.34. The number of piperidine rings is 1. The van der Waals surface area contributed by atoms with E-state index in [0.717, 1.165) is 29.7 Å². The van der Waals surface area contributed by atoms with E-state index in [0.29, 0.717) is 34.9 Å². The highest BCUT2D eigenvalue weighted by Crippen LogP contribution is 2.32. The van der Waals surface area contributed by atoms with Gasteiger partial charge >= 0.3 is 0 Å². The summed E-state index contributed by atoms with van der Waals surface area (Å²) in [7, 11) is 0. The maximum absolute atomic E-state index is 9.16. The second kappa shape index (κ2) is 6.51. The number of oxazole rings is 1. The maximum Gasteiger partial charge on any atom is 0.238 e. The molecule has 0 radical (unpaired) electrons. The van der Waals surface area contributed by atoms with Crippen LogP contribution in [0.15, 0.2) is 25.5 Å². The van der Waals surface area contributed by atoms with E-state index in [2.05, 4.69) is 43.8 Å². The van der Waals surface area contributed by atoms with Crippen molar-refractivity contribution in [3.8, 4) is 17.7 Å². The van der Waals surface area contributed by atoms with Crippen molar-refractivity contribution in [1.82, 2.24) is 15.1 Å². The summed E-state index contributed by atoms with van der Waals surface area (Å²) in [5.41, 5.74) is 0.337. The molecule has 1 aliphatic rings. The summed E-state index contributed by atoms with van der Waals surface area (Å²) in [5, 5.41) is 13.2. The van der Waals surface area contributed by atoms with Crippen molar-refractivity contribution in [3.63, 3.8) is 0 Å². The second-order valence-electron chi connectivity index (χ2n) is 5.82. The first-order valence-electron chi connectivity index (χ1n) is 7.86. The van der Waals surface area contributed by atoms with Crippen molar-refractivity contribution >= 4 is 28.5 Å². The summed E-state index contributed by atoms with van der Waals surface area (Å²) in [6.07, 6.45) is 1.67. The predicted molar refractivity (Wildman–Crippen MR) is 94.9 cm³/mol. The number of nitriles is 1. The normalized spacial score (nSPS) is 15.5. The molecule has 3 aromatic rings. The Morgan fingerprint density at radius 1 is 1.24 bits per heavy atom. The van der Waals surface area contributed by atoms with Gasteiger partial charge in [-0.2, -0.15) is 10.2 Å². The van der Waals surface area contributed by atoms with Gasteiger partial charge in [0.15, 0.2) is 15.4 Å². The van der Waals surface area contributed by atoms with Crippen molar-refractivity contribution < 1.29 is 13.4 Å². The average molecular weight is 451 g/mol. The Kier molecular flexibility index (Phi) is 4.20. The van der Waals surface area contributed by atoms with Crippen molar-refractivity contribution in [2.45, 2.75) is 25.7 Å². The number of hydrogen-bond donors (Lipinski definition) is 0. The zero-order valence-corrected chi connectivity index (χ0v) is 15.6. The van der Waals surface area contributed by atoms with Gasteiger partial charge in [-0.1, -0.05) is 5.16 Å². The SMILES string of the molecule is Cc1nc(C#N)c(N2CCC(c3nc(-c4ccc(I)o4)no3)CC2)o1. The highest BCUT2D eigenvalue weighted by molar-refractivity contribution is 14.1. The largest absolute Gasteiger partial charge is 0.447 e. The molecule has 9 heteroatoms. The van der Waals surface area contributed by atoms with Crippen molar-refractivity contribution in [3.05, 3.63) is 33.4 Å². The van der Waals surface area contributed by atoms with Crippen LogP contribution >= 0.6 is 22.6 Å². The van der Waals surface area contributed by atoms with Crippen molar-refractivity contribution in [1.29, 1.82) is 5.26 Å². The minimum absolute atomic E-state index is 0.182. The molecule has 0 aliphatic carbocycles. The van der Waals surface area contributed by atoms with E-state index in [1.807, 2.05) is 17.0 Å². The molecule has 8 nitrogen and oxygen atoms in total. The summed E-state index contributed by atoms with van der Waals surface area (Å²) >= 11 is 2.10. The van der Waals surface area contributed by atoms with Gasteiger partial charge in [-0.25, -0.2) is 4.98 Å². The van der Waals surface area contributed by atoms with E-state index in [9.17, 15) is 0 Å². The number of furan rings is 1. The van der Waals surface area contributed by atoms with Gasteiger partial charge in [0.1, 0.15) is 6.07 Å². The van der Waals surface area contributed by atoms with E-state index in [1.165, 1.54) is 0 Å². The number of aromatic nitrogens is 3. The molecule has 1 aliphatic heterocycles. The van der Waals surface area contributed by atoms with Gasteiger partial charge in [0.2, 0.25) is 23.3 Å². The van der Waals surface area contributed by atoms with Crippen LogP contribution in [0, 0.1) is 22.0 Å². The second-order valence-corrected chi connectivity index (χ2v) is 6.88. The smallest absolute Gasteiger partial charge is 0.238 e. The number of rotatable bonds is 3. The first-order chi connectivity index (χ1) is 12.1. The first-order valence-corrected chi connectivity index (χ1v) is 8.93. The van der Waals surface area contributed by atoms with E-state index in [1.54, 1.807) is 6.92 Å². The van der Waals surface area contributed by atoms with E-state index in [-0.39, 0.29) is 5.92 Å². The Labute approximate surface area is 157 Å². The lowest BCUT2D eigenvalue weighted by molar-refractivity contribution is 0.326. The highest BCUT2D eigenvalue weighted by atomic mass is 127. The highest BCUT2D eigenvalue weighted by Gasteiger charge is 2.29. The molecule has 3 aromatic heterocycles. The number of hydrogen-bond acceptors (Lipinski definition) is 8. The molecule has 0 spiro atoms. The van der Waals surface area contributed by atoms with Gasteiger partial charge in [-0.15, -0.1) is 0 Å². The lowest BCUT2D eigenvalue weighted by atomic mass is 9.97. The van der Waals surface area contributed by atoms with Crippen LogP contribution in [-0.2, 0) is 0 Å². The Morgan fingerprint density at radius 3 is 2.72 bits per heavy atom. The van der Waals surface area contributed by atoms with Crippen LogP contribution in [0.1, 0.15) is 36.2 Å². The third-order valence-electron chi connectivity index (χ3n) is 4.19. The van der Waals surface area contributed by atoms with Gasteiger partial charge in [0, 0.05) is 25.9 Å². The molecule has 0 atom stereocenters. The fraction of sp³-hybridized carbons (Fsp3) is 0.375. The fourth-order valence-electron chi connectivity index (χ4n) is 2.97. The van der Waals surface area contributed by atoms with Crippen LogP contribution in [0.25, 0.3) is 11.6 Å². The van der Waals surface area contributed by atoms with Gasteiger partial charge < -0.3 is 18.3 Å². The molecule has 1 fully saturated rings. The maximum atomic E-state index is 9.16. The summed E-state index contributed by atoms with van der Waals surface area (Å²) in [6.45, 7) is 3.22. The van der Waals surface area contributed by atoms with Gasteiger partial charge in [-0.05, 0) is 47.6 Å². The zero-order chi connectivity index (χ0) is 17.4. The molecule has 0 amide bonds. The molecule has 0 saturated carbocycles. The Bertz CT molecular complexity index is 930. The van der Waals surface area contributed by atoms with Gasteiger partial charge in [-0.3, -0.25) is 0 Å². The van der Waals surface area contributed by atoms with Crippen molar-refractivity contribution in [2.75, 3.05) is 18.0 Å². The van der Waals surface area contributed by atoms with Crippen LogP contribution in [0.3, 0.4) is 0 Å². The molecule has 0 aromatic carbocycles. The van der Waals surface area contributed by atoms with Crippen LogP contribution in [0.4, 0.5) is 5.88 Å². The third kappa shape index (κ3) is 3.13. The third-order valence-corrected chi connectivity index (χ3v) is 4.77. The van der Waals surface area contributed by atoms with Crippen LogP contribution in [-0.4, -0.2) is 28.2 Å². The molecule has 0 unspecified atom stereocenters. The van der Waals surface area contributed by atoms with E-state index < -0.39 is 0 Å². The van der Waals surface area contributed by atoms with Crippen LogP contribution in [0.2, 0.25) is 0 Å². The summed E-state index contributed by atoms with van der Waals surface area (Å²) in [5.74, 6) is 2.93. The molecule has 0 N–H and O–H groups in total. The molecule has 0 bridgehead atoms. The fourth-order valence-corrected chi connectivity index (χ4v) is 3.39. The number of halogens is 1. The zero-order valence-electron chi connectivity index (χ0n) is 13.4. The molecular weight excluding hydrogens is 437 g/mol. The summed E-state index contributed by atoms with van der Waals surface area (Å²) < 4.78 is 17.3. The summed E-state index contributed by atoms with van der Waals surface area (Å²) in [4.78, 5) is 10.6. The molecule has 4 rings (SSSR count). The molecule has 4 heterocycles. The standard InChI is InChI=1S/C16H14IN5O3/c1-9-19-11(8-18)16(23-9)22-6-4-10(5-7-22)15-20-14(21-25-15)12-2-3-13(17)24-12/h2-3,10H,4-7H2,1H3. The minimum atomic E-state index is 0.182. The van der Waals surface area contributed by atoms with Crippen LogP contribution in [0.5, 0.6) is 0 Å². The molecule has 25 heavy (non-hydrogen) atoms. The first kappa shape index (κ1) is 16.1. The Morgan fingerprint density at radius 2 is 2.04 bits per heavy atom. The van der Waals surface area contributed by atoms with Crippen LogP contribution < -0.4 is 4.90 Å². The van der Waals surface area contributed by atoms with E-state index in [4.69, 9.17) is 18.6 Å². The molecular formula is C16H14IN5O3. The predicted octanol–water partition coefficient (Wildman–Crippen LogP) is 3.49. The lowest BCUT2D eigenvalue weighted by Crippen LogP contribution is -2.33. The van der Waals surface area contributed by atoms with E-state index >= 15 is 0 Å². The molecule has 1 saturated heterocycles. The van der Waals surface area contributed by atoms with Crippen molar-refractivity contribution in [2.24, 2.45) is 0 Å². The monoisotopic (exact) mass is 451 g/mol. The summed E-state index contributed by atoms with van der Waals surface area (Å²) in [6, 6.07) is 5.77. The van der Waals surface area contributed by atoms with Gasteiger partial charge in [0.25, 0.3) is 0 Å². The Balaban J connectivity index is 1.45. The number of aryl methyl sites for hydroxylation is 1.